The smallest absolute Gasteiger partial charge is 0.127 e. The molecule has 0 spiro atoms. The molecule has 19 heavy (non-hydrogen) atoms. The molecule has 2 aromatic carbocycles. The average Bonchev–Trinajstić information content (AvgIpc) is 2.47. The summed E-state index contributed by atoms with van der Waals surface area (Å²) in [6.45, 7) is 6.03. The lowest BCUT2D eigenvalue weighted by Crippen LogP contribution is -1.95. The molecule has 0 fully saturated rings. The quantitative estimate of drug-likeness (QED) is 0.612. The fraction of sp³-hybridized carbons (Fsp3) is 0.222. The van der Waals surface area contributed by atoms with Crippen LogP contribution in [0.5, 0.6) is 11.5 Å². The molecule has 0 aliphatic heterocycles. The summed E-state index contributed by atoms with van der Waals surface area (Å²) in [5.41, 5.74) is 1.35. The molecule has 0 aliphatic rings. The molecule has 0 saturated heterocycles. The lowest BCUT2D eigenvalue weighted by atomic mass is 9.93. The van der Waals surface area contributed by atoms with Crippen molar-refractivity contribution >= 4 is 0 Å². The maximum atomic E-state index is 5.79. The molecule has 1 unspecified atom stereocenters. The number of ether oxygens (including phenoxy) is 1. The summed E-state index contributed by atoms with van der Waals surface area (Å²) < 4.78 is 5.79. The second kappa shape index (κ2) is 6.79. The van der Waals surface area contributed by atoms with Crippen LogP contribution in [-0.4, -0.2) is 0 Å². The highest BCUT2D eigenvalue weighted by molar-refractivity contribution is 5.34. The fourth-order valence-electron chi connectivity index (χ4n) is 2.17. The van der Waals surface area contributed by atoms with Gasteiger partial charge in [0, 0.05) is 0 Å². The first-order chi connectivity index (χ1) is 9.33. The molecule has 2 aromatic rings. The Morgan fingerprint density at radius 3 is 2.21 bits per heavy atom. The third-order valence-electron chi connectivity index (χ3n) is 3.27. The van der Waals surface area contributed by atoms with Gasteiger partial charge < -0.3 is 4.74 Å². The van der Waals surface area contributed by atoms with Crippen molar-refractivity contribution in [1.29, 1.82) is 0 Å². The van der Waals surface area contributed by atoms with Gasteiger partial charge in [-0.15, -0.1) is 6.58 Å². The third kappa shape index (κ3) is 3.72. The van der Waals surface area contributed by atoms with Crippen LogP contribution in [0.4, 0.5) is 0 Å². The van der Waals surface area contributed by atoms with E-state index in [1.807, 2.05) is 48.5 Å². The zero-order valence-corrected chi connectivity index (χ0v) is 11.4. The number of hydrogen-bond donors (Lipinski definition) is 0. The first-order valence-corrected chi connectivity index (χ1v) is 6.77. The van der Waals surface area contributed by atoms with Crippen LogP contribution < -0.4 is 4.74 Å². The standard InChI is InChI=1S/C18H20O/c1-3-8-15(4-2)16-11-13-18(14-12-16)19-17-9-6-5-7-10-17/h3,5-7,9-15H,1,4,8H2,2H3. The van der Waals surface area contributed by atoms with Gasteiger partial charge in [-0.3, -0.25) is 0 Å². The van der Waals surface area contributed by atoms with Crippen molar-refractivity contribution < 1.29 is 4.74 Å². The average molecular weight is 252 g/mol. The van der Waals surface area contributed by atoms with E-state index >= 15 is 0 Å². The van der Waals surface area contributed by atoms with E-state index in [4.69, 9.17) is 4.74 Å². The van der Waals surface area contributed by atoms with E-state index in [1.54, 1.807) is 0 Å². The van der Waals surface area contributed by atoms with E-state index in [0.29, 0.717) is 5.92 Å². The number of rotatable bonds is 6. The van der Waals surface area contributed by atoms with Crippen LogP contribution in [0, 0.1) is 0 Å². The summed E-state index contributed by atoms with van der Waals surface area (Å²) in [4.78, 5) is 0. The van der Waals surface area contributed by atoms with Gasteiger partial charge in [0.25, 0.3) is 0 Å². The molecular weight excluding hydrogens is 232 g/mol. The third-order valence-corrected chi connectivity index (χ3v) is 3.27. The van der Waals surface area contributed by atoms with Gasteiger partial charge in [-0.05, 0) is 48.6 Å². The molecule has 98 valence electrons. The molecule has 0 heterocycles. The summed E-state index contributed by atoms with van der Waals surface area (Å²) >= 11 is 0. The first-order valence-electron chi connectivity index (χ1n) is 6.77. The van der Waals surface area contributed by atoms with Crippen LogP contribution in [0.3, 0.4) is 0 Å². The minimum absolute atomic E-state index is 0.559. The molecule has 1 nitrogen and oxygen atoms in total. The van der Waals surface area contributed by atoms with E-state index in [9.17, 15) is 0 Å². The van der Waals surface area contributed by atoms with E-state index in [1.165, 1.54) is 5.56 Å². The number of hydrogen-bond acceptors (Lipinski definition) is 1. The van der Waals surface area contributed by atoms with Crippen LogP contribution in [0.2, 0.25) is 0 Å². The molecule has 1 atom stereocenters. The second-order valence-electron chi connectivity index (χ2n) is 4.61. The Hall–Kier alpha value is -2.02. The second-order valence-corrected chi connectivity index (χ2v) is 4.61. The Labute approximate surface area is 115 Å². The highest BCUT2D eigenvalue weighted by Crippen LogP contribution is 2.27. The number of benzene rings is 2. The Kier molecular flexibility index (Phi) is 4.79. The van der Waals surface area contributed by atoms with Crippen LogP contribution in [0.1, 0.15) is 31.2 Å². The molecule has 0 aliphatic carbocycles. The minimum atomic E-state index is 0.559. The summed E-state index contributed by atoms with van der Waals surface area (Å²) in [5.74, 6) is 2.31. The zero-order valence-electron chi connectivity index (χ0n) is 11.4. The molecule has 0 bridgehead atoms. The van der Waals surface area contributed by atoms with Crippen molar-refractivity contribution in [3.05, 3.63) is 72.8 Å². The van der Waals surface area contributed by atoms with Gasteiger partial charge in [-0.2, -0.15) is 0 Å². The van der Waals surface area contributed by atoms with Gasteiger partial charge in [0.15, 0.2) is 0 Å². The number of para-hydroxylation sites is 1. The molecule has 2 rings (SSSR count). The Bertz CT molecular complexity index is 499. The van der Waals surface area contributed by atoms with Crippen LogP contribution >= 0.6 is 0 Å². The van der Waals surface area contributed by atoms with Crippen molar-refractivity contribution in [2.75, 3.05) is 0 Å². The largest absolute Gasteiger partial charge is 0.457 e. The molecule has 0 saturated carbocycles. The highest BCUT2D eigenvalue weighted by atomic mass is 16.5. The van der Waals surface area contributed by atoms with Gasteiger partial charge in [0.1, 0.15) is 11.5 Å². The first kappa shape index (κ1) is 13.4. The van der Waals surface area contributed by atoms with E-state index < -0.39 is 0 Å². The highest BCUT2D eigenvalue weighted by Gasteiger charge is 2.07. The predicted molar refractivity (Wildman–Crippen MR) is 80.8 cm³/mol. The summed E-state index contributed by atoms with van der Waals surface area (Å²) in [7, 11) is 0. The molecular formula is C18H20O. The van der Waals surface area contributed by atoms with Crippen molar-refractivity contribution in [2.45, 2.75) is 25.7 Å². The van der Waals surface area contributed by atoms with Crippen molar-refractivity contribution in [2.24, 2.45) is 0 Å². The molecule has 0 radical (unpaired) electrons. The summed E-state index contributed by atoms with van der Waals surface area (Å²) in [5, 5.41) is 0. The lowest BCUT2D eigenvalue weighted by molar-refractivity contribution is 0.482. The number of allylic oxidation sites excluding steroid dienone is 1. The van der Waals surface area contributed by atoms with Gasteiger partial charge in [0.05, 0.1) is 0 Å². The fourth-order valence-corrected chi connectivity index (χ4v) is 2.17. The SMILES string of the molecule is C=CCC(CC)c1ccc(Oc2ccccc2)cc1. The normalized spacial score (nSPS) is 11.8. The monoisotopic (exact) mass is 252 g/mol. The molecule has 0 N–H and O–H groups in total. The van der Waals surface area contributed by atoms with E-state index in [2.05, 4.69) is 25.6 Å². The maximum absolute atomic E-state index is 5.79. The van der Waals surface area contributed by atoms with E-state index in [0.717, 1.165) is 24.3 Å². The van der Waals surface area contributed by atoms with Crippen molar-refractivity contribution in [3.8, 4) is 11.5 Å². The molecule has 0 amide bonds. The Morgan fingerprint density at radius 1 is 1.00 bits per heavy atom. The summed E-state index contributed by atoms with van der Waals surface area (Å²) in [6, 6.07) is 18.2. The zero-order chi connectivity index (χ0) is 13.5. The topological polar surface area (TPSA) is 9.23 Å². The Balaban J connectivity index is 2.08. The Morgan fingerprint density at radius 2 is 1.63 bits per heavy atom. The van der Waals surface area contributed by atoms with Gasteiger partial charge in [-0.25, -0.2) is 0 Å². The lowest BCUT2D eigenvalue weighted by Gasteiger charge is -2.13. The summed E-state index contributed by atoms with van der Waals surface area (Å²) in [6.07, 6.45) is 4.14. The molecule has 0 aromatic heterocycles. The van der Waals surface area contributed by atoms with Crippen molar-refractivity contribution in [3.63, 3.8) is 0 Å². The van der Waals surface area contributed by atoms with Crippen LogP contribution in [-0.2, 0) is 0 Å². The predicted octanol–water partition coefficient (Wildman–Crippen LogP) is 5.55. The van der Waals surface area contributed by atoms with Gasteiger partial charge >= 0.3 is 0 Å². The molecule has 1 heteroatoms. The van der Waals surface area contributed by atoms with Gasteiger partial charge in [0.2, 0.25) is 0 Å². The maximum Gasteiger partial charge on any atom is 0.127 e. The van der Waals surface area contributed by atoms with Gasteiger partial charge in [-0.1, -0.05) is 43.3 Å². The van der Waals surface area contributed by atoms with Crippen LogP contribution in [0.25, 0.3) is 0 Å². The van der Waals surface area contributed by atoms with Crippen LogP contribution in [0.15, 0.2) is 67.3 Å². The van der Waals surface area contributed by atoms with E-state index in [-0.39, 0.29) is 0 Å². The minimum Gasteiger partial charge on any atom is -0.457 e. The van der Waals surface area contributed by atoms with Crippen molar-refractivity contribution in [1.82, 2.24) is 0 Å².